The lowest BCUT2D eigenvalue weighted by molar-refractivity contribution is 0.534. The molecule has 0 saturated heterocycles. The molecule has 16 heavy (non-hydrogen) atoms. The van der Waals surface area contributed by atoms with E-state index in [2.05, 4.69) is 46.3 Å². The summed E-state index contributed by atoms with van der Waals surface area (Å²) >= 11 is 0. The highest BCUT2D eigenvalue weighted by atomic mass is 15.3. The molecule has 0 aliphatic carbocycles. The Hall–Kier alpha value is -1.58. The van der Waals surface area contributed by atoms with Crippen molar-refractivity contribution < 1.29 is 0 Å². The van der Waals surface area contributed by atoms with E-state index in [4.69, 9.17) is 0 Å². The molecule has 0 fully saturated rings. The van der Waals surface area contributed by atoms with Gasteiger partial charge in [0.05, 0.1) is 6.54 Å². The van der Waals surface area contributed by atoms with E-state index in [1.165, 1.54) is 5.56 Å². The van der Waals surface area contributed by atoms with Crippen molar-refractivity contribution >= 4 is 5.96 Å². The zero-order chi connectivity index (χ0) is 11.4. The van der Waals surface area contributed by atoms with Crippen LogP contribution in [0.25, 0.3) is 0 Å². The van der Waals surface area contributed by atoms with E-state index in [-0.39, 0.29) is 0 Å². The predicted molar refractivity (Wildman–Crippen MR) is 65.6 cm³/mol. The molecular weight excluding hydrogens is 200 g/mol. The molecule has 0 aromatic carbocycles. The molecule has 4 nitrogen and oxygen atoms in total. The minimum atomic E-state index is 0.888. The number of aliphatic imine (C=N–C) groups is 1. The van der Waals surface area contributed by atoms with Crippen LogP contribution in [0.2, 0.25) is 0 Å². The average molecular weight is 218 g/mol. The molecule has 86 valence electrons. The predicted octanol–water partition coefficient (Wildman–Crippen LogP) is 0.824. The molecule has 1 aromatic heterocycles. The Labute approximate surface area is 96.4 Å². The van der Waals surface area contributed by atoms with E-state index >= 15 is 0 Å². The first-order chi connectivity index (χ1) is 7.75. The smallest absolute Gasteiger partial charge is 0.193 e. The van der Waals surface area contributed by atoms with Crippen LogP contribution < -0.4 is 5.32 Å². The molecule has 2 rings (SSSR count). The number of nitrogens with one attached hydrogen (secondary N) is 1. The standard InChI is InChI=1S/C12H18N4/c1-10-3-4-11(15-9-10)5-6-13-12-14-7-8-16(12)2/h3-4,9H,5-8H2,1-2H3,(H,13,14). The quantitative estimate of drug-likeness (QED) is 0.816. The molecule has 1 N–H and O–H groups in total. The van der Waals surface area contributed by atoms with Gasteiger partial charge in [-0.3, -0.25) is 9.98 Å². The number of aryl methyl sites for hydroxylation is 1. The van der Waals surface area contributed by atoms with Crippen LogP contribution in [-0.2, 0) is 6.42 Å². The zero-order valence-electron chi connectivity index (χ0n) is 9.90. The maximum atomic E-state index is 4.37. The second-order valence-electron chi connectivity index (χ2n) is 4.13. The summed E-state index contributed by atoms with van der Waals surface area (Å²) in [7, 11) is 2.06. The van der Waals surface area contributed by atoms with Gasteiger partial charge in [-0.25, -0.2) is 0 Å². The van der Waals surface area contributed by atoms with E-state index in [0.29, 0.717) is 0 Å². The van der Waals surface area contributed by atoms with Crippen LogP contribution in [0.4, 0.5) is 0 Å². The normalized spacial score (nSPS) is 15.1. The summed E-state index contributed by atoms with van der Waals surface area (Å²) in [6, 6.07) is 4.18. The summed E-state index contributed by atoms with van der Waals surface area (Å²) in [5, 5.41) is 3.33. The Bertz CT molecular complexity index is 369. The molecule has 1 aliphatic rings. The summed E-state index contributed by atoms with van der Waals surface area (Å²) in [6.45, 7) is 4.86. The van der Waals surface area contributed by atoms with Crippen molar-refractivity contribution in [3.05, 3.63) is 29.6 Å². The van der Waals surface area contributed by atoms with E-state index < -0.39 is 0 Å². The lowest BCUT2D eigenvalue weighted by Crippen LogP contribution is -2.36. The van der Waals surface area contributed by atoms with Crippen molar-refractivity contribution in [2.45, 2.75) is 13.3 Å². The Morgan fingerprint density at radius 3 is 2.94 bits per heavy atom. The molecular formula is C12H18N4. The summed E-state index contributed by atoms with van der Waals surface area (Å²) in [6.07, 6.45) is 2.85. The summed E-state index contributed by atoms with van der Waals surface area (Å²) in [4.78, 5) is 10.9. The highest BCUT2D eigenvalue weighted by Crippen LogP contribution is 1.99. The van der Waals surface area contributed by atoms with Gasteiger partial charge in [-0.1, -0.05) is 6.07 Å². The van der Waals surface area contributed by atoms with Crippen LogP contribution in [0.3, 0.4) is 0 Å². The molecule has 0 radical (unpaired) electrons. The van der Waals surface area contributed by atoms with Crippen LogP contribution in [0.1, 0.15) is 11.3 Å². The second-order valence-corrected chi connectivity index (χ2v) is 4.13. The monoisotopic (exact) mass is 218 g/mol. The van der Waals surface area contributed by atoms with Crippen LogP contribution in [0.5, 0.6) is 0 Å². The minimum absolute atomic E-state index is 0.888. The van der Waals surface area contributed by atoms with Gasteiger partial charge in [0.15, 0.2) is 5.96 Å². The molecule has 0 amide bonds. The van der Waals surface area contributed by atoms with E-state index in [9.17, 15) is 0 Å². The minimum Gasteiger partial charge on any atom is -0.356 e. The molecule has 0 saturated carbocycles. The van der Waals surface area contributed by atoms with Crippen LogP contribution in [0, 0.1) is 6.92 Å². The number of likely N-dealkylation sites (N-methyl/N-ethyl adjacent to an activating group) is 1. The highest BCUT2D eigenvalue weighted by molar-refractivity contribution is 5.81. The largest absolute Gasteiger partial charge is 0.356 e. The van der Waals surface area contributed by atoms with Gasteiger partial charge in [-0.15, -0.1) is 0 Å². The maximum Gasteiger partial charge on any atom is 0.193 e. The van der Waals surface area contributed by atoms with Gasteiger partial charge in [0, 0.05) is 38.4 Å². The summed E-state index contributed by atoms with van der Waals surface area (Å²) < 4.78 is 0. The Morgan fingerprint density at radius 1 is 1.44 bits per heavy atom. The van der Waals surface area contributed by atoms with Crippen molar-refractivity contribution in [1.29, 1.82) is 0 Å². The van der Waals surface area contributed by atoms with Gasteiger partial charge in [0.2, 0.25) is 0 Å². The first-order valence-corrected chi connectivity index (χ1v) is 5.67. The first kappa shape index (κ1) is 10.9. The van der Waals surface area contributed by atoms with E-state index in [1.54, 1.807) is 0 Å². The van der Waals surface area contributed by atoms with Gasteiger partial charge in [-0.2, -0.15) is 0 Å². The second kappa shape index (κ2) is 4.96. The van der Waals surface area contributed by atoms with Crippen molar-refractivity contribution in [2.75, 3.05) is 26.7 Å². The fourth-order valence-corrected chi connectivity index (χ4v) is 1.67. The maximum absolute atomic E-state index is 4.37. The SMILES string of the molecule is Cc1ccc(CCNC2=NCCN2C)nc1. The van der Waals surface area contributed by atoms with Gasteiger partial charge < -0.3 is 10.2 Å². The zero-order valence-corrected chi connectivity index (χ0v) is 9.90. The van der Waals surface area contributed by atoms with E-state index in [1.807, 2.05) is 6.20 Å². The van der Waals surface area contributed by atoms with Crippen LogP contribution in [-0.4, -0.2) is 42.5 Å². The molecule has 2 heterocycles. The third kappa shape index (κ3) is 2.72. The lowest BCUT2D eigenvalue weighted by atomic mass is 10.2. The molecule has 1 aliphatic heterocycles. The molecule has 1 aromatic rings. The van der Waals surface area contributed by atoms with Crippen molar-refractivity contribution in [3.63, 3.8) is 0 Å². The number of aromatic nitrogens is 1. The number of rotatable bonds is 3. The van der Waals surface area contributed by atoms with Crippen molar-refractivity contribution in [3.8, 4) is 0 Å². The third-order valence-corrected chi connectivity index (χ3v) is 2.70. The van der Waals surface area contributed by atoms with Crippen LogP contribution >= 0.6 is 0 Å². The number of hydrogen-bond donors (Lipinski definition) is 1. The number of pyridine rings is 1. The summed E-state index contributed by atoms with van der Waals surface area (Å²) in [5.74, 6) is 1.01. The molecule has 0 unspecified atom stereocenters. The first-order valence-electron chi connectivity index (χ1n) is 5.67. The lowest BCUT2D eigenvalue weighted by Gasteiger charge is -2.14. The summed E-state index contributed by atoms with van der Waals surface area (Å²) in [5.41, 5.74) is 2.33. The molecule has 0 spiro atoms. The van der Waals surface area contributed by atoms with Gasteiger partial charge in [0.1, 0.15) is 0 Å². The van der Waals surface area contributed by atoms with Crippen molar-refractivity contribution in [2.24, 2.45) is 4.99 Å². The van der Waals surface area contributed by atoms with Gasteiger partial charge >= 0.3 is 0 Å². The highest BCUT2D eigenvalue weighted by Gasteiger charge is 2.10. The van der Waals surface area contributed by atoms with Gasteiger partial charge in [0.25, 0.3) is 0 Å². The fourth-order valence-electron chi connectivity index (χ4n) is 1.67. The van der Waals surface area contributed by atoms with Gasteiger partial charge in [-0.05, 0) is 18.6 Å². The molecule has 0 atom stereocenters. The molecule has 0 bridgehead atoms. The van der Waals surface area contributed by atoms with Crippen molar-refractivity contribution in [1.82, 2.24) is 15.2 Å². The Kier molecular flexibility index (Phi) is 3.39. The van der Waals surface area contributed by atoms with Crippen LogP contribution in [0.15, 0.2) is 23.3 Å². The number of guanidine groups is 1. The number of nitrogens with zero attached hydrogens (tertiary/aromatic N) is 3. The third-order valence-electron chi connectivity index (χ3n) is 2.70. The Morgan fingerprint density at radius 2 is 2.31 bits per heavy atom. The number of hydrogen-bond acceptors (Lipinski definition) is 4. The Balaban J connectivity index is 1.78. The molecule has 4 heteroatoms. The topological polar surface area (TPSA) is 40.5 Å². The average Bonchev–Trinajstić information content (AvgIpc) is 2.68. The van der Waals surface area contributed by atoms with E-state index in [0.717, 1.165) is 37.7 Å². The fraction of sp³-hybridized carbons (Fsp3) is 0.500.